The Morgan fingerprint density at radius 2 is 1.76 bits per heavy atom. The maximum Gasteiger partial charge on any atom is 0.256 e. The lowest BCUT2D eigenvalue weighted by atomic mass is 10.0. The van der Waals surface area contributed by atoms with E-state index in [1.54, 1.807) is 4.90 Å². The number of benzene rings is 1. The Balaban J connectivity index is 1.53. The van der Waals surface area contributed by atoms with Crippen LogP contribution in [0.3, 0.4) is 0 Å². The Bertz CT molecular complexity index is 494. The molecule has 0 aliphatic carbocycles. The van der Waals surface area contributed by atoms with E-state index < -0.39 is 6.10 Å². The summed E-state index contributed by atoms with van der Waals surface area (Å²) in [5, 5.41) is 10.1. The molecular formula is C16H21FN2O2. The second-order valence-electron chi connectivity index (χ2n) is 5.95. The van der Waals surface area contributed by atoms with E-state index in [9.17, 15) is 14.3 Å². The molecular weight excluding hydrogens is 271 g/mol. The Morgan fingerprint density at radius 3 is 2.38 bits per heavy atom. The summed E-state index contributed by atoms with van der Waals surface area (Å²) >= 11 is 0. The maximum absolute atomic E-state index is 12.9. The first-order valence-electron chi connectivity index (χ1n) is 7.61. The SMILES string of the molecule is O=C(C(O)c1ccc(F)cc1)N1CC(N2CCCCC2)C1. The van der Waals surface area contributed by atoms with Gasteiger partial charge in [0.05, 0.1) is 0 Å². The molecule has 0 spiro atoms. The topological polar surface area (TPSA) is 43.8 Å². The number of carbonyl (C=O) groups is 1. The van der Waals surface area contributed by atoms with Crippen LogP contribution in [0.25, 0.3) is 0 Å². The van der Waals surface area contributed by atoms with Gasteiger partial charge in [-0.1, -0.05) is 18.6 Å². The van der Waals surface area contributed by atoms with Crippen molar-refractivity contribution < 1.29 is 14.3 Å². The number of rotatable bonds is 3. The summed E-state index contributed by atoms with van der Waals surface area (Å²) in [5.41, 5.74) is 0.447. The van der Waals surface area contributed by atoms with Crippen LogP contribution < -0.4 is 0 Å². The minimum absolute atomic E-state index is 0.283. The van der Waals surface area contributed by atoms with Crippen molar-refractivity contribution in [1.29, 1.82) is 0 Å². The number of likely N-dealkylation sites (tertiary alicyclic amines) is 2. The lowest BCUT2D eigenvalue weighted by Crippen LogP contribution is -2.62. The van der Waals surface area contributed by atoms with Gasteiger partial charge in [0.1, 0.15) is 5.82 Å². The number of amides is 1. The molecule has 1 aromatic rings. The number of carbonyl (C=O) groups excluding carboxylic acids is 1. The largest absolute Gasteiger partial charge is 0.378 e. The molecule has 3 rings (SSSR count). The fourth-order valence-corrected chi connectivity index (χ4v) is 3.11. The number of aliphatic hydroxyl groups excluding tert-OH is 1. The van der Waals surface area contributed by atoms with E-state index in [-0.39, 0.29) is 11.7 Å². The Kier molecular flexibility index (Phi) is 4.22. The third-order valence-corrected chi connectivity index (χ3v) is 4.50. The lowest BCUT2D eigenvalue weighted by Gasteiger charge is -2.47. The number of halogens is 1. The van der Waals surface area contributed by atoms with Crippen molar-refractivity contribution in [1.82, 2.24) is 9.80 Å². The number of nitrogens with zero attached hydrogens (tertiary/aromatic N) is 2. The summed E-state index contributed by atoms with van der Waals surface area (Å²) in [7, 11) is 0. The highest BCUT2D eigenvalue weighted by Crippen LogP contribution is 2.24. The fraction of sp³-hybridized carbons (Fsp3) is 0.562. The molecule has 1 atom stereocenters. The van der Waals surface area contributed by atoms with Crippen molar-refractivity contribution in [2.24, 2.45) is 0 Å². The van der Waals surface area contributed by atoms with Gasteiger partial charge in [-0.3, -0.25) is 9.69 Å². The van der Waals surface area contributed by atoms with Crippen molar-refractivity contribution in [2.75, 3.05) is 26.2 Å². The molecule has 1 aromatic carbocycles. The van der Waals surface area contributed by atoms with Gasteiger partial charge >= 0.3 is 0 Å². The first-order valence-corrected chi connectivity index (χ1v) is 7.61. The van der Waals surface area contributed by atoms with Crippen molar-refractivity contribution >= 4 is 5.91 Å². The third-order valence-electron chi connectivity index (χ3n) is 4.50. The second-order valence-corrected chi connectivity index (χ2v) is 5.95. The summed E-state index contributed by atoms with van der Waals surface area (Å²) in [6, 6.07) is 5.88. The molecule has 21 heavy (non-hydrogen) atoms. The minimum atomic E-state index is -1.19. The molecule has 2 heterocycles. The predicted octanol–water partition coefficient (Wildman–Crippen LogP) is 1.56. The van der Waals surface area contributed by atoms with Gasteiger partial charge in [0.25, 0.3) is 5.91 Å². The van der Waals surface area contributed by atoms with E-state index in [4.69, 9.17) is 0 Å². The zero-order valence-corrected chi connectivity index (χ0v) is 12.0. The van der Waals surface area contributed by atoms with Gasteiger partial charge in [-0.25, -0.2) is 4.39 Å². The summed E-state index contributed by atoms with van der Waals surface area (Å²) in [5.74, 6) is -0.651. The summed E-state index contributed by atoms with van der Waals surface area (Å²) in [4.78, 5) is 16.3. The van der Waals surface area contributed by atoms with Gasteiger partial charge in [0.2, 0.25) is 0 Å². The maximum atomic E-state index is 12.9. The van der Waals surface area contributed by atoms with Gasteiger partial charge in [0.15, 0.2) is 6.10 Å². The molecule has 0 radical (unpaired) electrons. The van der Waals surface area contributed by atoms with Crippen molar-refractivity contribution in [2.45, 2.75) is 31.4 Å². The number of aliphatic hydroxyl groups is 1. The number of hydrogen-bond donors (Lipinski definition) is 1. The summed E-state index contributed by atoms with van der Waals surface area (Å²) < 4.78 is 12.9. The molecule has 1 amide bonds. The van der Waals surface area contributed by atoms with Crippen LogP contribution in [-0.4, -0.2) is 53.0 Å². The quantitative estimate of drug-likeness (QED) is 0.919. The molecule has 2 aliphatic rings. The molecule has 1 unspecified atom stereocenters. The first kappa shape index (κ1) is 14.5. The molecule has 1 N–H and O–H groups in total. The van der Waals surface area contributed by atoms with Crippen molar-refractivity contribution in [3.05, 3.63) is 35.6 Å². The molecule has 0 aromatic heterocycles. The van der Waals surface area contributed by atoms with E-state index in [1.807, 2.05) is 0 Å². The minimum Gasteiger partial charge on any atom is -0.378 e. The van der Waals surface area contributed by atoms with Crippen LogP contribution in [0.1, 0.15) is 30.9 Å². The lowest BCUT2D eigenvalue weighted by molar-refractivity contribution is -0.148. The molecule has 0 bridgehead atoms. The van der Waals surface area contributed by atoms with Crippen LogP contribution >= 0.6 is 0 Å². The zero-order valence-electron chi connectivity index (χ0n) is 12.0. The Hall–Kier alpha value is -1.46. The van der Waals surface area contributed by atoms with Crippen LogP contribution in [0.4, 0.5) is 4.39 Å². The standard InChI is InChI=1S/C16H21FN2O2/c17-13-6-4-12(5-7-13)15(20)16(21)19-10-14(11-19)18-8-2-1-3-9-18/h4-7,14-15,20H,1-3,8-11H2. The number of piperidine rings is 1. The van der Waals surface area contributed by atoms with E-state index in [0.29, 0.717) is 24.7 Å². The summed E-state index contributed by atoms with van der Waals surface area (Å²) in [6.45, 7) is 3.62. The monoisotopic (exact) mass is 292 g/mol. The van der Waals surface area contributed by atoms with Crippen molar-refractivity contribution in [3.8, 4) is 0 Å². The van der Waals surface area contributed by atoms with Gasteiger partial charge in [-0.2, -0.15) is 0 Å². The van der Waals surface area contributed by atoms with Crippen LogP contribution in [0.5, 0.6) is 0 Å². The highest BCUT2D eigenvalue weighted by Gasteiger charge is 2.37. The van der Waals surface area contributed by atoms with Gasteiger partial charge < -0.3 is 10.0 Å². The van der Waals surface area contributed by atoms with Crippen LogP contribution in [0, 0.1) is 5.82 Å². The van der Waals surface area contributed by atoms with E-state index in [2.05, 4.69) is 4.90 Å². The average molecular weight is 292 g/mol. The predicted molar refractivity (Wildman–Crippen MR) is 77.2 cm³/mol. The highest BCUT2D eigenvalue weighted by atomic mass is 19.1. The fourth-order valence-electron chi connectivity index (χ4n) is 3.11. The molecule has 2 aliphatic heterocycles. The molecule has 2 fully saturated rings. The first-order chi connectivity index (χ1) is 10.1. The molecule has 5 heteroatoms. The molecule has 114 valence electrons. The van der Waals surface area contributed by atoms with Gasteiger partial charge in [-0.05, 0) is 43.6 Å². The Labute approximate surface area is 124 Å². The van der Waals surface area contributed by atoms with Crippen molar-refractivity contribution in [3.63, 3.8) is 0 Å². The average Bonchev–Trinajstić information content (AvgIpc) is 2.47. The van der Waals surface area contributed by atoms with Gasteiger partial charge in [-0.15, -0.1) is 0 Å². The zero-order chi connectivity index (χ0) is 14.8. The van der Waals surface area contributed by atoms with Crippen LogP contribution in [0.2, 0.25) is 0 Å². The highest BCUT2D eigenvalue weighted by molar-refractivity contribution is 5.82. The third kappa shape index (κ3) is 3.09. The summed E-state index contributed by atoms with van der Waals surface area (Å²) in [6.07, 6.45) is 2.59. The van der Waals surface area contributed by atoms with Crippen LogP contribution in [-0.2, 0) is 4.79 Å². The second kappa shape index (κ2) is 6.12. The normalized spacial score (nSPS) is 21.9. The molecule has 2 saturated heterocycles. The van der Waals surface area contributed by atoms with E-state index in [1.165, 1.54) is 43.5 Å². The molecule has 4 nitrogen and oxygen atoms in total. The molecule has 0 saturated carbocycles. The smallest absolute Gasteiger partial charge is 0.256 e. The number of hydrogen-bond acceptors (Lipinski definition) is 3. The Morgan fingerprint density at radius 1 is 1.14 bits per heavy atom. The van der Waals surface area contributed by atoms with E-state index >= 15 is 0 Å². The van der Waals surface area contributed by atoms with Crippen LogP contribution in [0.15, 0.2) is 24.3 Å². The van der Waals surface area contributed by atoms with Gasteiger partial charge in [0, 0.05) is 19.1 Å². The van der Waals surface area contributed by atoms with E-state index in [0.717, 1.165) is 13.1 Å².